The molecule has 2 fully saturated rings. The first-order valence-corrected chi connectivity index (χ1v) is 6.64. The highest BCUT2D eigenvalue weighted by molar-refractivity contribution is 5.90. The van der Waals surface area contributed by atoms with Crippen LogP contribution >= 0.6 is 0 Å². The number of hydrogen-bond donors (Lipinski definition) is 0. The molecule has 2 unspecified atom stereocenters. The van der Waals surface area contributed by atoms with Crippen LogP contribution in [0.1, 0.15) is 25.7 Å². The summed E-state index contributed by atoms with van der Waals surface area (Å²) in [6.07, 6.45) is 4.70. The van der Waals surface area contributed by atoms with Gasteiger partial charge in [-0.2, -0.15) is 0 Å². The summed E-state index contributed by atoms with van der Waals surface area (Å²) in [6, 6.07) is 0. The second-order valence-electron chi connectivity index (χ2n) is 5.17. The zero-order valence-corrected chi connectivity index (χ0v) is 11.1. The molecular weight excluding hydrogens is 232 g/mol. The molecule has 0 bridgehead atoms. The first-order valence-electron chi connectivity index (χ1n) is 6.64. The highest BCUT2D eigenvalue weighted by atomic mass is 16.6. The van der Waals surface area contributed by atoms with E-state index in [1.165, 1.54) is 12.8 Å². The van der Waals surface area contributed by atoms with Gasteiger partial charge in [0.25, 0.3) is 0 Å². The molecule has 4 nitrogen and oxygen atoms in total. The van der Waals surface area contributed by atoms with Crippen molar-refractivity contribution in [3.8, 4) is 0 Å². The quantitative estimate of drug-likeness (QED) is 0.377. The monoisotopic (exact) mass is 254 g/mol. The lowest BCUT2D eigenvalue weighted by molar-refractivity contribution is -0.141. The Bertz CT molecular complexity index is 326. The number of esters is 1. The number of fused-ring (bicyclic) bond motifs is 1. The molecule has 0 aromatic rings. The van der Waals surface area contributed by atoms with Gasteiger partial charge in [0.05, 0.1) is 19.8 Å². The van der Waals surface area contributed by atoms with E-state index < -0.39 is 0 Å². The van der Waals surface area contributed by atoms with Crippen molar-refractivity contribution in [2.75, 3.05) is 33.5 Å². The maximum atomic E-state index is 11.8. The number of ether oxygens (including phenoxy) is 3. The molecule has 2 aliphatic carbocycles. The van der Waals surface area contributed by atoms with E-state index in [2.05, 4.69) is 6.58 Å². The van der Waals surface area contributed by atoms with Crippen molar-refractivity contribution in [1.29, 1.82) is 0 Å². The highest BCUT2D eigenvalue weighted by Crippen LogP contribution is 2.67. The number of hydrogen-bond acceptors (Lipinski definition) is 4. The van der Waals surface area contributed by atoms with Crippen molar-refractivity contribution >= 4 is 5.97 Å². The smallest absolute Gasteiger partial charge is 0.334 e. The van der Waals surface area contributed by atoms with Crippen LogP contribution in [0.4, 0.5) is 0 Å². The molecule has 18 heavy (non-hydrogen) atoms. The molecule has 0 aromatic carbocycles. The van der Waals surface area contributed by atoms with Crippen molar-refractivity contribution in [2.45, 2.75) is 25.7 Å². The van der Waals surface area contributed by atoms with Gasteiger partial charge in [-0.3, -0.25) is 0 Å². The van der Waals surface area contributed by atoms with E-state index in [9.17, 15) is 4.79 Å². The molecule has 0 heterocycles. The minimum Gasteiger partial charge on any atom is -0.460 e. The topological polar surface area (TPSA) is 44.8 Å². The molecule has 0 saturated heterocycles. The van der Waals surface area contributed by atoms with Gasteiger partial charge in [0.1, 0.15) is 6.61 Å². The lowest BCUT2D eigenvalue weighted by Crippen LogP contribution is -2.18. The Morgan fingerprint density at radius 2 is 2.11 bits per heavy atom. The average Bonchev–Trinajstić information content (AvgIpc) is 2.95. The van der Waals surface area contributed by atoms with E-state index in [1.54, 1.807) is 7.11 Å². The summed E-state index contributed by atoms with van der Waals surface area (Å²) in [6.45, 7) is 5.74. The number of carbonyl (C=O) groups excluding carboxylic acids is 1. The maximum absolute atomic E-state index is 11.8. The fourth-order valence-corrected chi connectivity index (χ4v) is 2.98. The van der Waals surface area contributed by atoms with Crippen LogP contribution < -0.4 is 0 Å². The normalized spacial score (nSPS) is 28.8. The van der Waals surface area contributed by atoms with E-state index >= 15 is 0 Å². The van der Waals surface area contributed by atoms with Gasteiger partial charge in [-0.15, -0.1) is 0 Å². The molecule has 0 aromatic heterocycles. The summed E-state index contributed by atoms with van der Waals surface area (Å²) in [7, 11) is 1.63. The van der Waals surface area contributed by atoms with E-state index in [0.29, 0.717) is 37.9 Å². The maximum Gasteiger partial charge on any atom is 0.334 e. The van der Waals surface area contributed by atoms with Gasteiger partial charge in [0.15, 0.2) is 0 Å². The van der Waals surface area contributed by atoms with E-state index in [1.807, 2.05) is 0 Å². The summed E-state index contributed by atoms with van der Waals surface area (Å²) in [5, 5.41) is 0. The van der Waals surface area contributed by atoms with E-state index in [-0.39, 0.29) is 11.4 Å². The average molecular weight is 254 g/mol. The molecule has 0 radical (unpaired) electrons. The minimum atomic E-state index is -0.241. The van der Waals surface area contributed by atoms with Crippen LogP contribution in [0.3, 0.4) is 0 Å². The third-order valence-corrected chi connectivity index (χ3v) is 4.15. The molecule has 0 spiro atoms. The third kappa shape index (κ3) is 2.75. The first-order chi connectivity index (χ1) is 8.70. The van der Waals surface area contributed by atoms with Gasteiger partial charge in [0.2, 0.25) is 0 Å². The van der Waals surface area contributed by atoms with Gasteiger partial charge in [-0.1, -0.05) is 13.0 Å². The summed E-state index contributed by atoms with van der Waals surface area (Å²) in [5.41, 5.74) is 0.787. The second-order valence-corrected chi connectivity index (χ2v) is 5.17. The Labute approximate surface area is 108 Å². The van der Waals surface area contributed by atoms with Crippen LogP contribution in [0.15, 0.2) is 12.2 Å². The lowest BCUT2D eigenvalue weighted by atomic mass is 9.94. The van der Waals surface area contributed by atoms with Crippen molar-refractivity contribution < 1.29 is 19.0 Å². The van der Waals surface area contributed by atoms with Crippen LogP contribution in [-0.4, -0.2) is 39.5 Å². The molecule has 2 aliphatic rings. The molecule has 0 aliphatic heterocycles. The van der Waals surface area contributed by atoms with Gasteiger partial charge in [-0.05, 0) is 25.2 Å². The Morgan fingerprint density at radius 1 is 1.33 bits per heavy atom. The van der Waals surface area contributed by atoms with Gasteiger partial charge in [-0.25, -0.2) is 4.79 Å². The van der Waals surface area contributed by atoms with Crippen LogP contribution in [0.5, 0.6) is 0 Å². The van der Waals surface area contributed by atoms with Crippen molar-refractivity contribution in [1.82, 2.24) is 0 Å². The molecule has 0 amide bonds. The molecule has 2 saturated carbocycles. The first kappa shape index (κ1) is 13.6. The van der Waals surface area contributed by atoms with E-state index in [4.69, 9.17) is 14.2 Å². The second kappa shape index (κ2) is 5.85. The molecule has 4 heteroatoms. The summed E-state index contributed by atoms with van der Waals surface area (Å²) >= 11 is 0. The fraction of sp³-hybridized carbons (Fsp3) is 0.786. The Morgan fingerprint density at radius 3 is 2.72 bits per heavy atom. The predicted octanol–water partition coefficient (Wildman–Crippen LogP) is 1.94. The number of rotatable bonds is 8. The molecule has 2 atom stereocenters. The van der Waals surface area contributed by atoms with Crippen molar-refractivity contribution in [3.63, 3.8) is 0 Å². The zero-order valence-electron chi connectivity index (χ0n) is 11.1. The molecule has 2 rings (SSSR count). The standard InChI is InChI=1S/C14H22O4/c1-11(14-5-3-4-12(14)10-14)13(15)18-9-8-17-7-6-16-2/h12H,1,3-10H2,2H3. The Kier molecular flexibility index (Phi) is 4.40. The largest absolute Gasteiger partial charge is 0.460 e. The molecule has 102 valence electrons. The van der Waals surface area contributed by atoms with Gasteiger partial charge >= 0.3 is 5.97 Å². The van der Waals surface area contributed by atoms with Gasteiger partial charge < -0.3 is 14.2 Å². The zero-order chi connectivity index (χ0) is 13.0. The van der Waals surface area contributed by atoms with Crippen molar-refractivity contribution in [2.24, 2.45) is 11.3 Å². The molecule has 0 N–H and O–H groups in total. The summed E-state index contributed by atoms with van der Waals surface area (Å²) in [4.78, 5) is 11.8. The number of methoxy groups -OCH3 is 1. The molecular formula is C14H22O4. The highest BCUT2D eigenvalue weighted by Gasteiger charge is 2.60. The van der Waals surface area contributed by atoms with Crippen LogP contribution in [0.2, 0.25) is 0 Å². The van der Waals surface area contributed by atoms with Crippen LogP contribution in [0.25, 0.3) is 0 Å². The van der Waals surface area contributed by atoms with Crippen LogP contribution in [-0.2, 0) is 19.0 Å². The third-order valence-electron chi connectivity index (χ3n) is 4.15. The van der Waals surface area contributed by atoms with Crippen LogP contribution in [0, 0.1) is 11.3 Å². The minimum absolute atomic E-state index is 0.105. The predicted molar refractivity (Wildman–Crippen MR) is 67.2 cm³/mol. The lowest BCUT2D eigenvalue weighted by Gasteiger charge is -2.14. The van der Waals surface area contributed by atoms with Crippen molar-refractivity contribution in [3.05, 3.63) is 12.2 Å². The Balaban J connectivity index is 1.62. The summed E-state index contributed by atoms with van der Waals surface area (Å²) < 4.78 is 15.3. The van der Waals surface area contributed by atoms with Gasteiger partial charge in [0, 0.05) is 18.1 Å². The fourth-order valence-electron chi connectivity index (χ4n) is 2.98. The summed E-state index contributed by atoms with van der Waals surface area (Å²) in [5.74, 6) is 0.449. The van der Waals surface area contributed by atoms with E-state index in [0.717, 1.165) is 12.8 Å². The number of carbonyl (C=O) groups is 1. The Hall–Kier alpha value is -0.870. The SMILES string of the molecule is C=C(C(=O)OCCOCCOC)C12CCCC1C2.